The number of aliphatic hydroxyl groups excluding tert-OH is 1. The number of carbonyl (C=O) groups is 1. The molecule has 6 heteroatoms. The summed E-state index contributed by atoms with van der Waals surface area (Å²) >= 11 is 0. The minimum Gasteiger partial charge on any atom is -0.388 e. The first-order chi connectivity index (χ1) is 15.0. The van der Waals surface area contributed by atoms with E-state index in [1.807, 2.05) is 66.4 Å². The van der Waals surface area contributed by atoms with E-state index in [0.717, 1.165) is 54.9 Å². The monoisotopic (exact) mass is 442 g/mol. The molecule has 0 aliphatic carbocycles. The molecule has 2 aromatic carbocycles. The quantitative estimate of drug-likeness (QED) is 0.647. The number of rotatable bonds is 9. The largest absolute Gasteiger partial charge is 0.388 e. The minimum absolute atomic E-state index is 0.158. The second kappa shape index (κ2) is 11.6. The zero-order valence-electron chi connectivity index (χ0n) is 18.6. The molecule has 3 rings (SSSR count). The number of benzene rings is 2. The first kappa shape index (κ1) is 23.6. The van der Waals surface area contributed by atoms with Crippen LogP contribution in [-0.2, 0) is 22.0 Å². The lowest BCUT2D eigenvalue weighted by atomic mass is 10.0. The molecule has 31 heavy (non-hydrogen) atoms. The molecule has 2 atom stereocenters. The van der Waals surface area contributed by atoms with Gasteiger partial charge in [0, 0.05) is 54.2 Å². The average Bonchev–Trinajstić information content (AvgIpc) is 2.79. The fourth-order valence-electron chi connectivity index (χ4n) is 4.31. The summed E-state index contributed by atoms with van der Waals surface area (Å²) in [7, 11) is -0.999. The Morgan fingerprint density at radius 3 is 2.35 bits per heavy atom. The number of piperidine rings is 1. The summed E-state index contributed by atoms with van der Waals surface area (Å²) in [5.41, 5.74) is 1.93. The number of hydrogen-bond acceptors (Lipinski definition) is 4. The molecule has 0 aromatic heterocycles. The van der Waals surface area contributed by atoms with E-state index in [0.29, 0.717) is 13.0 Å². The number of hydrogen-bond donors (Lipinski definition) is 1. The highest BCUT2D eigenvalue weighted by atomic mass is 32.2. The summed E-state index contributed by atoms with van der Waals surface area (Å²) in [5, 5.41) is 10.4. The van der Waals surface area contributed by atoms with Crippen molar-refractivity contribution in [2.45, 2.75) is 49.6 Å². The molecule has 1 N–H and O–H groups in total. The van der Waals surface area contributed by atoms with Gasteiger partial charge in [-0.25, -0.2) is 0 Å². The molecule has 1 amide bonds. The number of carbonyl (C=O) groups excluding carboxylic acids is 1. The molecule has 2 unspecified atom stereocenters. The van der Waals surface area contributed by atoms with Crippen LogP contribution in [-0.4, -0.2) is 63.5 Å². The molecule has 1 fully saturated rings. The predicted molar refractivity (Wildman–Crippen MR) is 125 cm³/mol. The summed E-state index contributed by atoms with van der Waals surface area (Å²) in [4.78, 5) is 18.1. The number of nitrogens with zero attached hydrogens (tertiary/aromatic N) is 2. The zero-order valence-corrected chi connectivity index (χ0v) is 19.4. The van der Waals surface area contributed by atoms with Crippen molar-refractivity contribution in [3.05, 3.63) is 65.7 Å². The van der Waals surface area contributed by atoms with Crippen LogP contribution in [0.3, 0.4) is 0 Å². The summed E-state index contributed by atoms with van der Waals surface area (Å²) in [6, 6.07) is 17.6. The fraction of sp³-hybridized carbons (Fsp3) is 0.480. The summed E-state index contributed by atoms with van der Waals surface area (Å²) in [6.07, 6.45) is 4.28. The molecule has 0 spiro atoms. The van der Waals surface area contributed by atoms with Gasteiger partial charge in [-0.3, -0.25) is 9.00 Å². The van der Waals surface area contributed by atoms with Crippen molar-refractivity contribution in [3.63, 3.8) is 0 Å². The molecule has 1 aliphatic heterocycles. The van der Waals surface area contributed by atoms with E-state index in [1.165, 1.54) is 0 Å². The molecular weight excluding hydrogens is 408 g/mol. The Hall–Kier alpha value is -2.02. The topological polar surface area (TPSA) is 60.9 Å². The SMILES string of the molecule is CCN(C(=O)Cc1ccc(S(C)=O)cc1)C1CCN(CCC(O)c2ccccc2)CC1. The van der Waals surface area contributed by atoms with E-state index in [2.05, 4.69) is 4.90 Å². The van der Waals surface area contributed by atoms with Crippen LogP contribution in [0.1, 0.15) is 43.4 Å². The Labute approximate surface area is 188 Å². The van der Waals surface area contributed by atoms with Crippen LogP contribution >= 0.6 is 0 Å². The van der Waals surface area contributed by atoms with E-state index in [-0.39, 0.29) is 11.9 Å². The Balaban J connectivity index is 1.46. The van der Waals surface area contributed by atoms with Gasteiger partial charge in [0.05, 0.1) is 12.5 Å². The van der Waals surface area contributed by atoms with Crippen LogP contribution in [0.5, 0.6) is 0 Å². The molecule has 0 saturated carbocycles. The second-order valence-corrected chi connectivity index (χ2v) is 9.62. The highest BCUT2D eigenvalue weighted by Crippen LogP contribution is 2.21. The van der Waals surface area contributed by atoms with Crippen LogP contribution in [0.15, 0.2) is 59.5 Å². The van der Waals surface area contributed by atoms with Crippen molar-refractivity contribution < 1.29 is 14.1 Å². The number of likely N-dealkylation sites (N-methyl/N-ethyl adjacent to an activating group) is 1. The number of likely N-dealkylation sites (tertiary alicyclic amines) is 1. The molecule has 0 bridgehead atoms. The van der Waals surface area contributed by atoms with Gasteiger partial charge in [-0.05, 0) is 49.4 Å². The maximum absolute atomic E-state index is 12.9. The van der Waals surface area contributed by atoms with E-state index in [1.54, 1.807) is 6.26 Å². The standard InChI is InChI=1S/C25H34N2O3S/c1-3-27(25(29)19-20-9-11-23(12-10-20)31(2)30)22-13-16-26(17-14-22)18-15-24(28)21-7-5-4-6-8-21/h4-12,22,24,28H,3,13-19H2,1-2H3. The first-order valence-corrected chi connectivity index (χ1v) is 12.7. The Morgan fingerprint density at radius 2 is 1.77 bits per heavy atom. The van der Waals surface area contributed by atoms with Gasteiger partial charge in [-0.1, -0.05) is 42.5 Å². The molecule has 1 heterocycles. The predicted octanol–water partition coefficient (Wildman–Crippen LogP) is 3.40. The van der Waals surface area contributed by atoms with E-state index in [9.17, 15) is 14.1 Å². The van der Waals surface area contributed by atoms with Gasteiger partial charge in [-0.2, -0.15) is 0 Å². The van der Waals surface area contributed by atoms with Gasteiger partial charge < -0.3 is 14.9 Å². The smallest absolute Gasteiger partial charge is 0.227 e. The van der Waals surface area contributed by atoms with Crippen LogP contribution in [0.2, 0.25) is 0 Å². The van der Waals surface area contributed by atoms with Crippen molar-refractivity contribution in [3.8, 4) is 0 Å². The second-order valence-electron chi connectivity index (χ2n) is 8.24. The van der Waals surface area contributed by atoms with Crippen molar-refractivity contribution in [1.29, 1.82) is 0 Å². The third-order valence-electron chi connectivity index (χ3n) is 6.17. The fourth-order valence-corrected chi connectivity index (χ4v) is 4.83. The van der Waals surface area contributed by atoms with E-state index >= 15 is 0 Å². The molecule has 0 radical (unpaired) electrons. The highest BCUT2D eigenvalue weighted by Gasteiger charge is 2.27. The molecular formula is C25H34N2O3S. The van der Waals surface area contributed by atoms with Crippen LogP contribution in [0, 0.1) is 0 Å². The third-order valence-corrected chi connectivity index (χ3v) is 7.11. The Morgan fingerprint density at radius 1 is 1.13 bits per heavy atom. The molecule has 1 aliphatic rings. The first-order valence-electron chi connectivity index (χ1n) is 11.1. The minimum atomic E-state index is -0.999. The number of amides is 1. The van der Waals surface area contributed by atoms with Crippen LogP contribution in [0.4, 0.5) is 0 Å². The van der Waals surface area contributed by atoms with E-state index in [4.69, 9.17) is 0 Å². The van der Waals surface area contributed by atoms with Gasteiger partial charge in [0.25, 0.3) is 0 Å². The molecule has 1 saturated heterocycles. The molecule has 2 aromatic rings. The lowest BCUT2D eigenvalue weighted by Crippen LogP contribution is -2.48. The van der Waals surface area contributed by atoms with Crippen LogP contribution in [0.25, 0.3) is 0 Å². The van der Waals surface area contributed by atoms with Gasteiger partial charge in [0.15, 0.2) is 0 Å². The third kappa shape index (κ3) is 6.73. The lowest BCUT2D eigenvalue weighted by molar-refractivity contribution is -0.133. The summed E-state index contributed by atoms with van der Waals surface area (Å²) in [6.45, 7) is 5.53. The summed E-state index contributed by atoms with van der Waals surface area (Å²) in [5.74, 6) is 0.158. The maximum Gasteiger partial charge on any atom is 0.227 e. The normalized spacial score (nSPS) is 17.3. The van der Waals surface area contributed by atoms with E-state index < -0.39 is 16.9 Å². The van der Waals surface area contributed by atoms with Crippen molar-refractivity contribution in [1.82, 2.24) is 9.80 Å². The molecule has 168 valence electrons. The van der Waals surface area contributed by atoms with Gasteiger partial charge in [0.1, 0.15) is 0 Å². The van der Waals surface area contributed by atoms with Gasteiger partial charge in [-0.15, -0.1) is 0 Å². The van der Waals surface area contributed by atoms with Gasteiger partial charge >= 0.3 is 0 Å². The summed E-state index contributed by atoms with van der Waals surface area (Å²) < 4.78 is 11.5. The maximum atomic E-state index is 12.9. The Kier molecular flexibility index (Phi) is 8.81. The molecule has 5 nitrogen and oxygen atoms in total. The van der Waals surface area contributed by atoms with Crippen LogP contribution < -0.4 is 0 Å². The average molecular weight is 443 g/mol. The Bertz CT molecular complexity index is 849. The van der Waals surface area contributed by atoms with Gasteiger partial charge in [0.2, 0.25) is 5.91 Å². The van der Waals surface area contributed by atoms with Crippen molar-refractivity contribution in [2.75, 3.05) is 32.4 Å². The highest BCUT2D eigenvalue weighted by molar-refractivity contribution is 7.84. The van der Waals surface area contributed by atoms with Crippen molar-refractivity contribution in [2.24, 2.45) is 0 Å². The number of aliphatic hydroxyl groups is 1. The zero-order chi connectivity index (χ0) is 22.2. The lowest BCUT2D eigenvalue weighted by Gasteiger charge is -2.38. The van der Waals surface area contributed by atoms with Crippen molar-refractivity contribution >= 4 is 16.7 Å².